The number of carbonyl (C=O) groups excluding carboxylic acids is 1. The highest BCUT2D eigenvalue weighted by Gasteiger charge is 2.16. The summed E-state index contributed by atoms with van der Waals surface area (Å²) in [6.07, 6.45) is 2.98. The molecular formula is C14H18FNO2. The standard InChI is InChI=1S/C14H18FNO2/c15-13-6-2-1-4-11(13)7-8-14(17)16-10-12-5-3-9-18-12/h1-2,4,6,12H,3,5,7-10H2,(H,16,17)/t12-/m0/s1. The van der Waals surface area contributed by atoms with Crippen molar-refractivity contribution >= 4 is 5.91 Å². The number of aryl methyl sites for hydroxylation is 1. The minimum Gasteiger partial charge on any atom is -0.376 e. The predicted molar refractivity (Wildman–Crippen MR) is 66.7 cm³/mol. The second kappa shape index (κ2) is 6.50. The zero-order chi connectivity index (χ0) is 12.8. The Labute approximate surface area is 106 Å². The molecule has 1 fully saturated rings. The van der Waals surface area contributed by atoms with Gasteiger partial charge < -0.3 is 10.1 Å². The third kappa shape index (κ3) is 3.81. The lowest BCUT2D eigenvalue weighted by Crippen LogP contribution is -2.31. The number of ether oxygens (including phenoxy) is 1. The number of amides is 1. The minimum atomic E-state index is -0.246. The van der Waals surface area contributed by atoms with Crippen molar-refractivity contribution in [1.29, 1.82) is 0 Å². The summed E-state index contributed by atoms with van der Waals surface area (Å²) in [5, 5.41) is 2.83. The second-order valence-corrected chi connectivity index (χ2v) is 4.53. The van der Waals surface area contributed by atoms with Gasteiger partial charge in [0, 0.05) is 19.6 Å². The Morgan fingerprint density at radius 3 is 3.00 bits per heavy atom. The molecule has 0 bridgehead atoms. The molecule has 2 rings (SSSR count). The van der Waals surface area contributed by atoms with Gasteiger partial charge in [0.2, 0.25) is 5.91 Å². The predicted octanol–water partition coefficient (Wildman–Crippen LogP) is 2.05. The average molecular weight is 251 g/mol. The first-order valence-corrected chi connectivity index (χ1v) is 6.37. The zero-order valence-electron chi connectivity index (χ0n) is 10.3. The molecule has 18 heavy (non-hydrogen) atoms. The van der Waals surface area contributed by atoms with Gasteiger partial charge in [-0.2, -0.15) is 0 Å². The summed E-state index contributed by atoms with van der Waals surface area (Å²) in [5.41, 5.74) is 0.588. The maximum atomic E-state index is 13.3. The molecule has 1 atom stereocenters. The van der Waals surface area contributed by atoms with Crippen molar-refractivity contribution in [3.8, 4) is 0 Å². The molecule has 0 spiro atoms. The van der Waals surface area contributed by atoms with Crippen LogP contribution in [0.2, 0.25) is 0 Å². The lowest BCUT2D eigenvalue weighted by molar-refractivity contribution is -0.121. The first kappa shape index (κ1) is 13.0. The molecule has 1 amide bonds. The Bertz CT molecular complexity index is 403. The molecule has 4 heteroatoms. The van der Waals surface area contributed by atoms with Gasteiger partial charge in [-0.3, -0.25) is 4.79 Å². The molecule has 1 saturated heterocycles. The number of hydrogen-bond donors (Lipinski definition) is 1. The van der Waals surface area contributed by atoms with Crippen molar-refractivity contribution in [3.05, 3.63) is 35.6 Å². The quantitative estimate of drug-likeness (QED) is 0.869. The Morgan fingerprint density at radius 1 is 1.44 bits per heavy atom. The van der Waals surface area contributed by atoms with E-state index in [0.717, 1.165) is 19.4 Å². The molecular weight excluding hydrogens is 233 g/mol. The first-order chi connectivity index (χ1) is 8.75. The molecule has 1 aliphatic heterocycles. The van der Waals surface area contributed by atoms with E-state index in [1.54, 1.807) is 18.2 Å². The molecule has 98 valence electrons. The van der Waals surface area contributed by atoms with E-state index >= 15 is 0 Å². The maximum absolute atomic E-state index is 13.3. The van der Waals surface area contributed by atoms with Crippen LogP contribution in [-0.4, -0.2) is 25.2 Å². The largest absolute Gasteiger partial charge is 0.376 e. The smallest absolute Gasteiger partial charge is 0.220 e. The third-order valence-corrected chi connectivity index (χ3v) is 3.13. The highest BCUT2D eigenvalue weighted by molar-refractivity contribution is 5.76. The van der Waals surface area contributed by atoms with E-state index in [-0.39, 0.29) is 17.8 Å². The molecule has 0 aromatic heterocycles. The van der Waals surface area contributed by atoms with Gasteiger partial charge in [-0.1, -0.05) is 18.2 Å². The van der Waals surface area contributed by atoms with Crippen molar-refractivity contribution in [2.45, 2.75) is 31.8 Å². The molecule has 0 radical (unpaired) electrons. The average Bonchev–Trinajstić information content (AvgIpc) is 2.88. The van der Waals surface area contributed by atoms with Crippen LogP contribution in [0, 0.1) is 5.82 Å². The minimum absolute atomic E-state index is 0.0475. The van der Waals surface area contributed by atoms with Crippen LogP contribution in [-0.2, 0) is 16.0 Å². The fraction of sp³-hybridized carbons (Fsp3) is 0.500. The number of rotatable bonds is 5. The van der Waals surface area contributed by atoms with Crippen molar-refractivity contribution in [2.75, 3.05) is 13.2 Å². The Kier molecular flexibility index (Phi) is 4.70. The van der Waals surface area contributed by atoms with Gasteiger partial charge in [0.15, 0.2) is 0 Å². The lowest BCUT2D eigenvalue weighted by Gasteiger charge is -2.10. The summed E-state index contributed by atoms with van der Waals surface area (Å²) in [6, 6.07) is 6.56. The van der Waals surface area contributed by atoms with Crippen LogP contribution in [0.25, 0.3) is 0 Å². The zero-order valence-corrected chi connectivity index (χ0v) is 10.3. The monoisotopic (exact) mass is 251 g/mol. The third-order valence-electron chi connectivity index (χ3n) is 3.13. The van der Waals surface area contributed by atoms with E-state index in [9.17, 15) is 9.18 Å². The van der Waals surface area contributed by atoms with Crippen molar-refractivity contribution in [1.82, 2.24) is 5.32 Å². The number of benzene rings is 1. The molecule has 1 aliphatic rings. The highest BCUT2D eigenvalue weighted by atomic mass is 19.1. The molecule has 0 saturated carbocycles. The normalized spacial score (nSPS) is 18.8. The molecule has 1 N–H and O–H groups in total. The van der Waals surface area contributed by atoms with Crippen LogP contribution in [0.3, 0.4) is 0 Å². The van der Waals surface area contributed by atoms with Gasteiger partial charge in [-0.05, 0) is 30.9 Å². The summed E-state index contributed by atoms with van der Waals surface area (Å²) < 4.78 is 18.7. The Balaban J connectivity index is 1.69. The van der Waals surface area contributed by atoms with E-state index in [1.165, 1.54) is 6.07 Å². The maximum Gasteiger partial charge on any atom is 0.220 e. The number of hydrogen-bond acceptors (Lipinski definition) is 2. The van der Waals surface area contributed by atoms with E-state index in [1.807, 2.05) is 0 Å². The fourth-order valence-electron chi connectivity index (χ4n) is 2.07. The Morgan fingerprint density at radius 2 is 2.28 bits per heavy atom. The molecule has 1 heterocycles. The van der Waals surface area contributed by atoms with Gasteiger partial charge in [-0.25, -0.2) is 4.39 Å². The van der Waals surface area contributed by atoms with Crippen LogP contribution in [0.15, 0.2) is 24.3 Å². The van der Waals surface area contributed by atoms with E-state index in [4.69, 9.17) is 4.74 Å². The second-order valence-electron chi connectivity index (χ2n) is 4.53. The summed E-state index contributed by atoms with van der Waals surface area (Å²) >= 11 is 0. The lowest BCUT2D eigenvalue weighted by atomic mass is 10.1. The van der Waals surface area contributed by atoms with Crippen LogP contribution in [0.1, 0.15) is 24.8 Å². The van der Waals surface area contributed by atoms with E-state index < -0.39 is 0 Å². The fourth-order valence-corrected chi connectivity index (χ4v) is 2.07. The topological polar surface area (TPSA) is 38.3 Å². The van der Waals surface area contributed by atoms with Crippen LogP contribution in [0.5, 0.6) is 0 Å². The van der Waals surface area contributed by atoms with Crippen molar-refractivity contribution in [3.63, 3.8) is 0 Å². The summed E-state index contributed by atoms with van der Waals surface area (Å²) in [5.74, 6) is -0.293. The summed E-state index contributed by atoms with van der Waals surface area (Å²) in [7, 11) is 0. The van der Waals surface area contributed by atoms with E-state index in [2.05, 4.69) is 5.32 Å². The van der Waals surface area contributed by atoms with Crippen LogP contribution in [0.4, 0.5) is 4.39 Å². The van der Waals surface area contributed by atoms with Crippen molar-refractivity contribution in [2.24, 2.45) is 0 Å². The molecule has 0 unspecified atom stereocenters. The summed E-state index contributed by atoms with van der Waals surface area (Å²) in [6.45, 7) is 1.35. The first-order valence-electron chi connectivity index (χ1n) is 6.37. The number of halogens is 1. The van der Waals surface area contributed by atoms with Crippen molar-refractivity contribution < 1.29 is 13.9 Å². The molecule has 1 aromatic carbocycles. The molecule has 3 nitrogen and oxygen atoms in total. The van der Waals surface area contributed by atoms with Crippen LogP contribution < -0.4 is 5.32 Å². The van der Waals surface area contributed by atoms with E-state index in [0.29, 0.717) is 24.9 Å². The molecule has 1 aromatic rings. The highest BCUT2D eigenvalue weighted by Crippen LogP contribution is 2.11. The van der Waals surface area contributed by atoms with Gasteiger partial charge in [0.05, 0.1) is 6.10 Å². The number of nitrogens with one attached hydrogen (secondary N) is 1. The Hall–Kier alpha value is -1.42. The number of carbonyl (C=O) groups is 1. The van der Waals surface area contributed by atoms with Gasteiger partial charge in [0.25, 0.3) is 0 Å². The summed E-state index contributed by atoms with van der Waals surface area (Å²) in [4.78, 5) is 11.6. The van der Waals surface area contributed by atoms with Gasteiger partial charge in [-0.15, -0.1) is 0 Å². The van der Waals surface area contributed by atoms with Gasteiger partial charge in [0.1, 0.15) is 5.82 Å². The molecule has 0 aliphatic carbocycles. The van der Waals surface area contributed by atoms with Gasteiger partial charge >= 0.3 is 0 Å². The SMILES string of the molecule is O=C(CCc1ccccc1F)NC[C@@H]1CCCO1. The van der Waals surface area contributed by atoms with Crippen LogP contribution >= 0.6 is 0 Å².